The van der Waals surface area contributed by atoms with E-state index in [1.807, 2.05) is 0 Å². The molecule has 1 heterocycles. The molecule has 7 heteroatoms. The molecule has 0 spiro atoms. The van der Waals surface area contributed by atoms with Gasteiger partial charge in [0.2, 0.25) is 10.0 Å². The van der Waals surface area contributed by atoms with Crippen LogP contribution >= 0.6 is 0 Å². The largest absolute Gasteiger partial charge is 0.394 e. The minimum absolute atomic E-state index is 0.122. The Labute approximate surface area is 95.5 Å². The lowest BCUT2D eigenvalue weighted by Crippen LogP contribution is -2.49. The van der Waals surface area contributed by atoms with Gasteiger partial charge >= 0.3 is 0 Å². The van der Waals surface area contributed by atoms with Gasteiger partial charge < -0.3 is 9.84 Å². The van der Waals surface area contributed by atoms with Crippen LogP contribution in [-0.2, 0) is 14.8 Å². The molecule has 1 rings (SSSR count). The molecule has 0 bridgehead atoms. The summed E-state index contributed by atoms with van der Waals surface area (Å²) in [5, 5.41) is 16.7. The third kappa shape index (κ3) is 2.71. The van der Waals surface area contributed by atoms with Crippen LogP contribution in [0.5, 0.6) is 0 Å². The number of hydrogen-bond acceptors (Lipinski definition) is 5. The lowest BCUT2D eigenvalue weighted by Gasteiger charge is -2.32. The Morgan fingerprint density at radius 1 is 1.69 bits per heavy atom. The van der Waals surface area contributed by atoms with Crippen LogP contribution in [0.25, 0.3) is 0 Å². The fourth-order valence-electron chi connectivity index (χ4n) is 1.58. The van der Waals surface area contributed by atoms with Crippen LogP contribution in [0.3, 0.4) is 0 Å². The third-order valence-electron chi connectivity index (χ3n) is 2.54. The Kier molecular flexibility index (Phi) is 4.68. The monoisotopic (exact) mass is 248 g/mol. The van der Waals surface area contributed by atoms with Gasteiger partial charge in [-0.3, -0.25) is 0 Å². The van der Waals surface area contributed by atoms with E-state index < -0.39 is 21.4 Å². The average molecular weight is 248 g/mol. The van der Waals surface area contributed by atoms with E-state index in [1.165, 1.54) is 4.31 Å². The summed E-state index contributed by atoms with van der Waals surface area (Å²) >= 11 is 0. The minimum Gasteiger partial charge on any atom is -0.394 e. The van der Waals surface area contributed by atoms with Crippen molar-refractivity contribution in [1.29, 1.82) is 5.26 Å². The minimum atomic E-state index is -3.59. The van der Waals surface area contributed by atoms with E-state index in [2.05, 4.69) is 0 Å². The number of ether oxygens (including phenoxy) is 1. The van der Waals surface area contributed by atoms with Crippen LogP contribution in [0, 0.1) is 11.3 Å². The highest BCUT2D eigenvalue weighted by Gasteiger charge is 2.34. The Morgan fingerprint density at radius 2 is 2.38 bits per heavy atom. The molecule has 1 N–H and O–H groups in total. The zero-order valence-electron chi connectivity index (χ0n) is 9.16. The maximum Gasteiger partial charge on any atom is 0.230 e. The van der Waals surface area contributed by atoms with Gasteiger partial charge in [-0.05, 0) is 6.42 Å². The number of nitrogens with zero attached hydrogens (tertiary/aromatic N) is 2. The Bertz CT molecular complexity index is 362. The Morgan fingerprint density at radius 3 is 2.88 bits per heavy atom. The van der Waals surface area contributed by atoms with Crippen molar-refractivity contribution in [1.82, 2.24) is 4.31 Å². The fourth-order valence-corrected chi connectivity index (χ4v) is 3.20. The second-order valence-electron chi connectivity index (χ2n) is 3.60. The zero-order chi connectivity index (χ0) is 12.2. The molecule has 1 fully saturated rings. The molecular weight excluding hydrogens is 232 g/mol. The Balaban J connectivity index is 2.80. The van der Waals surface area contributed by atoms with Gasteiger partial charge in [0, 0.05) is 13.1 Å². The highest BCUT2D eigenvalue weighted by molar-refractivity contribution is 7.90. The molecule has 0 aromatic heterocycles. The van der Waals surface area contributed by atoms with Gasteiger partial charge in [0.1, 0.15) is 0 Å². The van der Waals surface area contributed by atoms with Crippen molar-refractivity contribution < 1.29 is 18.3 Å². The normalized spacial score (nSPS) is 24.9. The molecule has 2 unspecified atom stereocenters. The zero-order valence-corrected chi connectivity index (χ0v) is 9.98. The van der Waals surface area contributed by atoms with Crippen LogP contribution < -0.4 is 0 Å². The number of morpholine rings is 1. The van der Waals surface area contributed by atoms with Crippen LogP contribution in [0.15, 0.2) is 0 Å². The van der Waals surface area contributed by atoms with Crippen LogP contribution in [0.4, 0.5) is 0 Å². The number of rotatable bonds is 4. The highest BCUT2D eigenvalue weighted by atomic mass is 32.2. The lowest BCUT2D eigenvalue weighted by atomic mass is 10.3. The van der Waals surface area contributed by atoms with Crippen LogP contribution in [0.2, 0.25) is 0 Å². The molecule has 2 atom stereocenters. The summed E-state index contributed by atoms with van der Waals surface area (Å²) in [7, 11) is -3.59. The van der Waals surface area contributed by atoms with Crippen molar-refractivity contribution in [2.75, 3.05) is 26.3 Å². The van der Waals surface area contributed by atoms with E-state index in [9.17, 15) is 8.42 Å². The molecule has 1 saturated heterocycles. The predicted octanol–water partition coefficient (Wildman–Crippen LogP) is -0.689. The van der Waals surface area contributed by atoms with Gasteiger partial charge in [0.15, 0.2) is 5.25 Å². The molecule has 0 amide bonds. The molecular formula is C9H16N2O4S. The van der Waals surface area contributed by atoms with Gasteiger partial charge in [-0.1, -0.05) is 6.92 Å². The summed E-state index contributed by atoms with van der Waals surface area (Å²) in [5.41, 5.74) is 0. The fraction of sp³-hybridized carbons (Fsp3) is 0.889. The van der Waals surface area contributed by atoms with E-state index in [0.717, 1.165) is 0 Å². The number of nitriles is 1. The maximum absolute atomic E-state index is 12.0. The van der Waals surface area contributed by atoms with Crippen LogP contribution in [0.1, 0.15) is 13.3 Å². The van der Waals surface area contributed by atoms with Gasteiger partial charge in [0.05, 0.1) is 25.4 Å². The highest BCUT2D eigenvalue weighted by Crippen LogP contribution is 2.16. The molecule has 0 aromatic carbocycles. The quantitative estimate of drug-likeness (QED) is 0.711. The van der Waals surface area contributed by atoms with E-state index in [-0.39, 0.29) is 32.7 Å². The second-order valence-corrected chi connectivity index (χ2v) is 5.72. The first-order chi connectivity index (χ1) is 7.56. The van der Waals surface area contributed by atoms with Gasteiger partial charge in [-0.25, -0.2) is 8.42 Å². The predicted molar refractivity (Wildman–Crippen MR) is 57.0 cm³/mol. The summed E-state index contributed by atoms with van der Waals surface area (Å²) in [5.74, 6) is 0. The standard InChI is InChI=1S/C9H16N2O4S/c1-2-9(5-10)16(13,14)11-3-4-15-8(6-11)7-12/h8-9,12H,2-4,6-7H2,1H3. The van der Waals surface area contributed by atoms with Gasteiger partial charge in [0.25, 0.3) is 0 Å². The smallest absolute Gasteiger partial charge is 0.230 e. The molecule has 92 valence electrons. The number of aliphatic hydroxyl groups excluding tert-OH is 1. The molecule has 1 aliphatic rings. The average Bonchev–Trinajstić information content (AvgIpc) is 2.30. The second kappa shape index (κ2) is 5.59. The van der Waals surface area contributed by atoms with Gasteiger partial charge in [-0.15, -0.1) is 0 Å². The van der Waals surface area contributed by atoms with E-state index in [1.54, 1.807) is 13.0 Å². The molecule has 0 radical (unpaired) electrons. The third-order valence-corrected chi connectivity index (χ3v) is 4.75. The van der Waals surface area contributed by atoms with Crippen LogP contribution in [-0.4, -0.2) is 55.5 Å². The molecule has 1 aliphatic heterocycles. The van der Waals surface area contributed by atoms with Gasteiger partial charge in [-0.2, -0.15) is 9.57 Å². The molecule has 6 nitrogen and oxygen atoms in total. The van der Waals surface area contributed by atoms with Crippen molar-refractivity contribution in [2.45, 2.75) is 24.7 Å². The molecule has 0 aliphatic carbocycles. The van der Waals surface area contributed by atoms with E-state index in [4.69, 9.17) is 15.1 Å². The lowest BCUT2D eigenvalue weighted by molar-refractivity contribution is -0.0305. The summed E-state index contributed by atoms with van der Waals surface area (Å²) in [4.78, 5) is 0. The number of aliphatic hydroxyl groups is 1. The van der Waals surface area contributed by atoms with E-state index >= 15 is 0 Å². The summed E-state index contributed by atoms with van der Waals surface area (Å²) in [6.45, 7) is 2.07. The van der Waals surface area contributed by atoms with Crippen molar-refractivity contribution >= 4 is 10.0 Å². The first-order valence-corrected chi connectivity index (χ1v) is 6.67. The summed E-state index contributed by atoms with van der Waals surface area (Å²) in [6, 6.07) is 1.79. The maximum atomic E-state index is 12.0. The first-order valence-electron chi connectivity index (χ1n) is 5.17. The Hall–Kier alpha value is -0.680. The van der Waals surface area contributed by atoms with Crippen molar-refractivity contribution in [3.05, 3.63) is 0 Å². The number of sulfonamides is 1. The summed E-state index contributed by atoms with van der Waals surface area (Å²) < 4.78 is 30.3. The van der Waals surface area contributed by atoms with E-state index in [0.29, 0.717) is 0 Å². The first kappa shape index (κ1) is 13.4. The van der Waals surface area contributed by atoms with Crippen molar-refractivity contribution in [2.24, 2.45) is 0 Å². The van der Waals surface area contributed by atoms with Crippen molar-refractivity contribution in [3.8, 4) is 6.07 Å². The number of hydrogen-bond donors (Lipinski definition) is 1. The van der Waals surface area contributed by atoms with Crippen molar-refractivity contribution in [3.63, 3.8) is 0 Å². The molecule has 16 heavy (non-hydrogen) atoms. The molecule has 0 aromatic rings. The SMILES string of the molecule is CCC(C#N)S(=O)(=O)N1CCOC(CO)C1. The summed E-state index contributed by atoms with van der Waals surface area (Å²) in [6.07, 6.45) is -0.222. The molecule has 0 saturated carbocycles. The topological polar surface area (TPSA) is 90.6 Å².